The molecule has 4 N–H and O–H groups in total. The van der Waals surface area contributed by atoms with Gasteiger partial charge < -0.3 is 20.5 Å². The van der Waals surface area contributed by atoms with Crippen LogP contribution in [0.15, 0.2) is 39.7 Å². The zero-order valence-electron chi connectivity index (χ0n) is 10.8. The third-order valence-electron chi connectivity index (χ3n) is 2.98. The SMILES string of the molecule is NCCc1cc2[nH]c(=O)cc(NCc3ccco3)c2s1. The normalized spacial score (nSPS) is 11.1. The number of H-pyrrole nitrogens is 1. The quantitative estimate of drug-likeness (QED) is 0.673. The Bertz CT molecular complexity index is 758. The standard InChI is InChI=1S/C14H15N3O2S/c15-4-3-10-6-12-14(20-10)11(7-13(18)17-12)16-8-9-2-1-5-19-9/h1-2,5-7H,3-4,8,15H2,(H2,16,17,18). The number of pyridine rings is 1. The Morgan fingerprint density at radius 1 is 1.40 bits per heavy atom. The molecule has 3 aromatic heterocycles. The number of rotatable bonds is 5. The summed E-state index contributed by atoms with van der Waals surface area (Å²) in [5, 5.41) is 3.25. The van der Waals surface area contributed by atoms with Crippen molar-refractivity contribution in [3.8, 4) is 0 Å². The van der Waals surface area contributed by atoms with Gasteiger partial charge in [-0.15, -0.1) is 11.3 Å². The summed E-state index contributed by atoms with van der Waals surface area (Å²) in [6.07, 6.45) is 2.45. The lowest BCUT2D eigenvalue weighted by Gasteiger charge is -2.05. The van der Waals surface area contributed by atoms with Crippen LogP contribution in [0.4, 0.5) is 5.69 Å². The summed E-state index contributed by atoms with van der Waals surface area (Å²) >= 11 is 1.65. The molecule has 0 saturated carbocycles. The monoisotopic (exact) mass is 289 g/mol. The lowest BCUT2D eigenvalue weighted by Crippen LogP contribution is -2.07. The minimum absolute atomic E-state index is 0.114. The molecule has 0 aliphatic rings. The smallest absolute Gasteiger partial charge is 0.250 e. The van der Waals surface area contributed by atoms with Crippen molar-refractivity contribution in [3.05, 3.63) is 51.5 Å². The minimum atomic E-state index is -0.114. The number of thiophene rings is 1. The van der Waals surface area contributed by atoms with Crippen LogP contribution in [0.2, 0.25) is 0 Å². The molecule has 6 heteroatoms. The first-order chi connectivity index (χ1) is 9.76. The van der Waals surface area contributed by atoms with E-state index in [1.54, 1.807) is 23.7 Å². The minimum Gasteiger partial charge on any atom is -0.467 e. The molecule has 3 rings (SSSR count). The second-order valence-corrected chi connectivity index (χ2v) is 5.61. The second-order valence-electron chi connectivity index (χ2n) is 4.47. The zero-order chi connectivity index (χ0) is 13.9. The van der Waals surface area contributed by atoms with Crippen LogP contribution < -0.4 is 16.6 Å². The van der Waals surface area contributed by atoms with Gasteiger partial charge in [0, 0.05) is 10.9 Å². The molecule has 0 aromatic carbocycles. The number of aromatic nitrogens is 1. The number of furan rings is 1. The molecule has 0 fully saturated rings. The van der Waals surface area contributed by atoms with Crippen LogP contribution in [-0.4, -0.2) is 11.5 Å². The van der Waals surface area contributed by atoms with E-state index >= 15 is 0 Å². The second kappa shape index (κ2) is 5.52. The summed E-state index contributed by atoms with van der Waals surface area (Å²) in [5.41, 5.74) is 7.15. The first-order valence-electron chi connectivity index (χ1n) is 6.38. The fraction of sp³-hybridized carbons (Fsp3) is 0.214. The molecule has 104 valence electrons. The number of nitrogens with one attached hydrogen (secondary N) is 2. The topological polar surface area (TPSA) is 84.0 Å². The Kier molecular flexibility index (Phi) is 3.58. The molecule has 0 saturated heterocycles. The Labute approximate surface area is 119 Å². The summed E-state index contributed by atoms with van der Waals surface area (Å²) in [6, 6.07) is 7.31. The molecule has 0 unspecified atom stereocenters. The van der Waals surface area contributed by atoms with Gasteiger partial charge in [0.15, 0.2) is 0 Å². The van der Waals surface area contributed by atoms with E-state index in [0.29, 0.717) is 13.1 Å². The summed E-state index contributed by atoms with van der Waals surface area (Å²) in [6.45, 7) is 1.15. The van der Waals surface area contributed by atoms with E-state index in [4.69, 9.17) is 10.2 Å². The Morgan fingerprint density at radius 3 is 3.05 bits per heavy atom. The van der Waals surface area contributed by atoms with Crippen molar-refractivity contribution in [2.45, 2.75) is 13.0 Å². The summed E-state index contributed by atoms with van der Waals surface area (Å²) < 4.78 is 6.32. The molecular weight excluding hydrogens is 274 g/mol. The number of nitrogens with two attached hydrogens (primary N) is 1. The predicted octanol–water partition coefficient (Wildman–Crippen LogP) is 2.30. The van der Waals surface area contributed by atoms with Gasteiger partial charge in [-0.3, -0.25) is 4.79 Å². The third-order valence-corrected chi connectivity index (χ3v) is 4.21. The van der Waals surface area contributed by atoms with Crippen molar-refractivity contribution in [1.29, 1.82) is 0 Å². The molecule has 20 heavy (non-hydrogen) atoms. The molecule has 0 amide bonds. The molecule has 0 aliphatic carbocycles. The third kappa shape index (κ3) is 2.61. The fourth-order valence-corrected chi connectivity index (χ4v) is 3.21. The molecule has 0 aliphatic heterocycles. The summed E-state index contributed by atoms with van der Waals surface area (Å²) in [4.78, 5) is 15.7. The first kappa shape index (κ1) is 13.0. The fourth-order valence-electron chi connectivity index (χ4n) is 2.09. The number of hydrogen-bond acceptors (Lipinski definition) is 5. The van der Waals surface area contributed by atoms with Crippen molar-refractivity contribution in [1.82, 2.24) is 4.98 Å². The van der Waals surface area contributed by atoms with Crippen LogP contribution in [0.5, 0.6) is 0 Å². The zero-order valence-corrected chi connectivity index (χ0v) is 11.6. The van der Waals surface area contributed by atoms with E-state index in [0.717, 1.165) is 28.1 Å². The van der Waals surface area contributed by atoms with Crippen molar-refractivity contribution >= 4 is 27.2 Å². The number of aromatic amines is 1. The maximum atomic E-state index is 11.7. The van der Waals surface area contributed by atoms with Crippen molar-refractivity contribution in [2.75, 3.05) is 11.9 Å². The Hall–Kier alpha value is -2.05. The van der Waals surface area contributed by atoms with Crippen molar-refractivity contribution < 1.29 is 4.42 Å². The van der Waals surface area contributed by atoms with E-state index in [1.807, 2.05) is 18.2 Å². The number of fused-ring (bicyclic) bond motifs is 1. The summed E-state index contributed by atoms with van der Waals surface area (Å²) in [7, 11) is 0. The van der Waals surface area contributed by atoms with E-state index < -0.39 is 0 Å². The molecule has 0 atom stereocenters. The molecule has 3 aromatic rings. The van der Waals surface area contributed by atoms with Crippen molar-refractivity contribution in [3.63, 3.8) is 0 Å². The van der Waals surface area contributed by atoms with Crippen LogP contribution >= 0.6 is 11.3 Å². The van der Waals surface area contributed by atoms with Gasteiger partial charge in [0.1, 0.15) is 5.76 Å². The summed E-state index contributed by atoms with van der Waals surface area (Å²) in [5.74, 6) is 0.831. The first-order valence-corrected chi connectivity index (χ1v) is 7.20. The highest BCUT2D eigenvalue weighted by atomic mass is 32.1. The van der Waals surface area contributed by atoms with Gasteiger partial charge in [-0.25, -0.2) is 0 Å². The van der Waals surface area contributed by atoms with Crippen LogP contribution in [0.25, 0.3) is 10.2 Å². The highest BCUT2D eigenvalue weighted by molar-refractivity contribution is 7.19. The largest absolute Gasteiger partial charge is 0.467 e. The molecule has 0 bridgehead atoms. The van der Waals surface area contributed by atoms with E-state index in [2.05, 4.69) is 10.3 Å². The maximum absolute atomic E-state index is 11.7. The van der Waals surface area contributed by atoms with Crippen LogP contribution in [0, 0.1) is 0 Å². The number of hydrogen-bond donors (Lipinski definition) is 3. The average Bonchev–Trinajstić information content (AvgIpc) is 3.05. The van der Waals surface area contributed by atoms with Gasteiger partial charge in [-0.2, -0.15) is 0 Å². The molecule has 0 spiro atoms. The lowest BCUT2D eigenvalue weighted by atomic mass is 10.3. The van der Waals surface area contributed by atoms with Gasteiger partial charge in [0.25, 0.3) is 5.56 Å². The maximum Gasteiger partial charge on any atom is 0.250 e. The molecule has 0 radical (unpaired) electrons. The highest BCUT2D eigenvalue weighted by Crippen LogP contribution is 2.30. The molecule has 5 nitrogen and oxygen atoms in total. The van der Waals surface area contributed by atoms with Crippen LogP contribution in [0.3, 0.4) is 0 Å². The lowest BCUT2D eigenvalue weighted by molar-refractivity contribution is 0.518. The van der Waals surface area contributed by atoms with Crippen molar-refractivity contribution in [2.24, 2.45) is 5.73 Å². The number of anilines is 1. The van der Waals surface area contributed by atoms with Gasteiger partial charge in [-0.1, -0.05) is 0 Å². The van der Waals surface area contributed by atoms with Gasteiger partial charge >= 0.3 is 0 Å². The van der Waals surface area contributed by atoms with E-state index in [9.17, 15) is 4.79 Å². The van der Waals surface area contributed by atoms with Gasteiger partial charge in [0.2, 0.25) is 0 Å². The van der Waals surface area contributed by atoms with E-state index in [1.165, 1.54) is 4.88 Å². The average molecular weight is 289 g/mol. The Morgan fingerprint density at radius 2 is 2.30 bits per heavy atom. The van der Waals surface area contributed by atoms with E-state index in [-0.39, 0.29) is 5.56 Å². The molecule has 3 heterocycles. The Balaban J connectivity index is 1.93. The molecular formula is C14H15N3O2S. The van der Waals surface area contributed by atoms with Gasteiger partial charge in [0.05, 0.1) is 28.7 Å². The van der Waals surface area contributed by atoms with Crippen LogP contribution in [-0.2, 0) is 13.0 Å². The highest BCUT2D eigenvalue weighted by Gasteiger charge is 2.08. The predicted molar refractivity (Wildman–Crippen MR) is 81.2 cm³/mol. The van der Waals surface area contributed by atoms with Crippen LogP contribution in [0.1, 0.15) is 10.6 Å². The van der Waals surface area contributed by atoms with Gasteiger partial charge in [-0.05, 0) is 31.2 Å².